The van der Waals surface area contributed by atoms with E-state index in [2.05, 4.69) is 11.8 Å². The Hall–Kier alpha value is -0.640. The molecule has 2 unspecified atom stereocenters. The highest BCUT2D eigenvalue weighted by Gasteiger charge is 2.35. The van der Waals surface area contributed by atoms with Crippen LogP contribution >= 0.6 is 11.6 Å². The molecular weight excluding hydrogens is 241 g/mol. The Morgan fingerprint density at radius 2 is 2.29 bits per heavy atom. The molecule has 0 radical (unpaired) electrons. The zero-order valence-corrected chi connectivity index (χ0v) is 10.6. The summed E-state index contributed by atoms with van der Waals surface area (Å²) in [5, 5.41) is 10.1. The molecule has 1 aliphatic heterocycles. The van der Waals surface area contributed by atoms with Crippen LogP contribution in [0, 0.1) is 5.82 Å². The number of nitrogens with zero attached hydrogens (tertiary/aromatic N) is 1. The number of benzene rings is 1. The van der Waals surface area contributed by atoms with Crippen molar-refractivity contribution in [3.63, 3.8) is 0 Å². The van der Waals surface area contributed by atoms with E-state index in [1.54, 1.807) is 12.1 Å². The first-order chi connectivity index (χ1) is 8.15. The maximum atomic E-state index is 14.0. The van der Waals surface area contributed by atoms with E-state index in [4.69, 9.17) is 11.6 Å². The zero-order chi connectivity index (χ0) is 12.4. The molecule has 1 heterocycles. The first-order valence-electron chi connectivity index (χ1n) is 6.01. The molecule has 0 spiro atoms. The highest BCUT2D eigenvalue weighted by atomic mass is 35.5. The summed E-state index contributed by atoms with van der Waals surface area (Å²) in [4.78, 5) is 2.12. The fourth-order valence-corrected chi connectivity index (χ4v) is 2.71. The summed E-state index contributed by atoms with van der Waals surface area (Å²) in [6.45, 7) is 3.76. The molecule has 2 nitrogen and oxygen atoms in total. The van der Waals surface area contributed by atoms with Crippen molar-refractivity contribution in [2.75, 3.05) is 13.1 Å². The lowest BCUT2D eigenvalue weighted by molar-refractivity contribution is 0.114. The van der Waals surface area contributed by atoms with Crippen LogP contribution in [0.4, 0.5) is 4.39 Å². The predicted octanol–water partition coefficient (Wildman–Crippen LogP) is 3.00. The van der Waals surface area contributed by atoms with Gasteiger partial charge in [-0.2, -0.15) is 0 Å². The second-order valence-electron chi connectivity index (χ2n) is 4.48. The molecule has 2 atom stereocenters. The number of aliphatic hydroxyl groups is 1. The second kappa shape index (κ2) is 5.34. The molecule has 0 aromatic heterocycles. The van der Waals surface area contributed by atoms with Gasteiger partial charge in [0.05, 0.1) is 17.2 Å². The van der Waals surface area contributed by atoms with E-state index in [0.29, 0.717) is 12.0 Å². The number of hydrogen-bond donors (Lipinski definition) is 1. The van der Waals surface area contributed by atoms with Crippen molar-refractivity contribution in [2.24, 2.45) is 0 Å². The Kier molecular flexibility index (Phi) is 4.02. The maximum absolute atomic E-state index is 14.0. The molecule has 1 aliphatic rings. The Balaban J connectivity index is 2.33. The van der Waals surface area contributed by atoms with E-state index in [9.17, 15) is 9.50 Å². The number of halogens is 2. The fraction of sp³-hybridized carbons (Fsp3) is 0.538. The quantitative estimate of drug-likeness (QED) is 0.900. The Bertz CT molecular complexity index is 397. The zero-order valence-electron chi connectivity index (χ0n) is 9.87. The molecular formula is C13H17ClFNO. The number of aliphatic hydroxyl groups excluding tert-OH is 1. The third-order valence-electron chi connectivity index (χ3n) is 3.28. The van der Waals surface area contributed by atoms with Gasteiger partial charge in [0.1, 0.15) is 5.82 Å². The highest BCUT2D eigenvalue weighted by molar-refractivity contribution is 6.30. The molecule has 0 saturated carbocycles. The lowest BCUT2D eigenvalue weighted by atomic mass is 10.0. The summed E-state index contributed by atoms with van der Waals surface area (Å²) < 4.78 is 14.0. The van der Waals surface area contributed by atoms with Crippen LogP contribution < -0.4 is 0 Å². The first kappa shape index (κ1) is 12.8. The lowest BCUT2D eigenvalue weighted by Crippen LogP contribution is -2.28. The van der Waals surface area contributed by atoms with Crippen LogP contribution in [-0.4, -0.2) is 29.2 Å². The van der Waals surface area contributed by atoms with Gasteiger partial charge >= 0.3 is 0 Å². The Labute approximate surface area is 106 Å². The van der Waals surface area contributed by atoms with Gasteiger partial charge in [-0.15, -0.1) is 0 Å². The summed E-state index contributed by atoms with van der Waals surface area (Å²) >= 11 is 5.79. The molecule has 4 heteroatoms. The summed E-state index contributed by atoms with van der Waals surface area (Å²) in [6, 6.07) is 4.72. The third kappa shape index (κ3) is 2.46. The maximum Gasteiger partial charge on any atom is 0.146 e. The normalized spacial score (nSPS) is 25.4. The third-order valence-corrected chi connectivity index (χ3v) is 3.57. The number of rotatable bonds is 3. The molecule has 94 valence electrons. The monoisotopic (exact) mass is 257 g/mol. The van der Waals surface area contributed by atoms with Crippen molar-refractivity contribution in [1.29, 1.82) is 0 Å². The van der Waals surface area contributed by atoms with Crippen molar-refractivity contribution in [3.05, 3.63) is 34.6 Å². The first-order valence-corrected chi connectivity index (χ1v) is 6.39. The van der Waals surface area contributed by atoms with E-state index in [0.717, 1.165) is 19.5 Å². The van der Waals surface area contributed by atoms with Gasteiger partial charge in [-0.25, -0.2) is 4.39 Å². The van der Waals surface area contributed by atoms with E-state index < -0.39 is 11.9 Å². The van der Waals surface area contributed by atoms with Gasteiger partial charge in [0, 0.05) is 12.1 Å². The topological polar surface area (TPSA) is 23.5 Å². The van der Waals surface area contributed by atoms with Gasteiger partial charge in [0.25, 0.3) is 0 Å². The SMILES string of the molecule is CCCN1CCC(O)C1c1cccc(Cl)c1F. The molecule has 1 N–H and O–H groups in total. The lowest BCUT2D eigenvalue weighted by Gasteiger charge is -2.26. The van der Waals surface area contributed by atoms with Gasteiger partial charge in [0.15, 0.2) is 0 Å². The van der Waals surface area contributed by atoms with Gasteiger partial charge in [-0.3, -0.25) is 4.90 Å². The minimum atomic E-state index is -0.505. The van der Waals surface area contributed by atoms with Crippen LogP contribution in [0.1, 0.15) is 31.4 Å². The second-order valence-corrected chi connectivity index (χ2v) is 4.89. The summed E-state index contributed by atoms with van der Waals surface area (Å²) in [5.74, 6) is -0.402. The predicted molar refractivity (Wildman–Crippen MR) is 66.6 cm³/mol. The molecule has 1 aromatic rings. The van der Waals surface area contributed by atoms with E-state index in [-0.39, 0.29) is 11.1 Å². The summed E-state index contributed by atoms with van der Waals surface area (Å²) in [6.07, 6.45) is 1.18. The van der Waals surface area contributed by atoms with Crippen molar-refractivity contribution in [2.45, 2.75) is 31.9 Å². The fourth-order valence-electron chi connectivity index (χ4n) is 2.53. The van der Waals surface area contributed by atoms with Crippen LogP contribution in [0.5, 0.6) is 0 Å². The van der Waals surface area contributed by atoms with Crippen molar-refractivity contribution < 1.29 is 9.50 Å². The summed E-state index contributed by atoms with van der Waals surface area (Å²) in [7, 11) is 0. The molecule has 1 fully saturated rings. The van der Waals surface area contributed by atoms with Gasteiger partial charge in [0.2, 0.25) is 0 Å². The highest BCUT2D eigenvalue weighted by Crippen LogP contribution is 2.35. The molecule has 0 aliphatic carbocycles. The standard InChI is InChI=1S/C13H17ClFNO/c1-2-7-16-8-6-11(17)13(16)9-4-3-5-10(14)12(9)15/h3-5,11,13,17H,2,6-8H2,1H3. The van der Waals surface area contributed by atoms with E-state index in [1.807, 2.05) is 0 Å². The minimum absolute atomic E-state index is 0.123. The number of hydrogen-bond acceptors (Lipinski definition) is 2. The van der Waals surface area contributed by atoms with Crippen LogP contribution in [0.15, 0.2) is 18.2 Å². The molecule has 1 aromatic carbocycles. The van der Waals surface area contributed by atoms with Crippen molar-refractivity contribution in [3.8, 4) is 0 Å². The van der Waals surface area contributed by atoms with Gasteiger partial charge in [-0.1, -0.05) is 30.7 Å². The van der Waals surface area contributed by atoms with Gasteiger partial charge < -0.3 is 5.11 Å². The van der Waals surface area contributed by atoms with Gasteiger partial charge in [-0.05, 0) is 25.5 Å². The number of likely N-dealkylation sites (tertiary alicyclic amines) is 1. The van der Waals surface area contributed by atoms with Crippen molar-refractivity contribution >= 4 is 11.6 Å². The minimum Gasteiger partial charge on any atom is -0.391 e. The summed E-state index contributed by atoms with van der Waals surface area (Å²) in [5.41, 5.74) is 0.510. The van der Waals surface area contributed by atoms with Crippen molar-refractivity contribution in [1.82, 2.24) is 4.90 Å². The van der Waals surface area contributed by atoms with E-state index >= 15 is 0 Å². The average Bonchev–Trinajstić information content (AvgIpc) is 2.65. The van der Waals surface area contributed by atoms with Crippen LogP contribution in [0.3, 0.4) is 0 Å². The largest absolute Gasteiger partial charge is 0.391 e. The van der Waals surface area contributed by atoms with Crippen LogP contribution in [0.2, 0.25) is 5.02 Å². The average molecular weight is 258 g/mol. The van der Waals surface area contributed by atoms with E-state index in [1.165, 1.54) is 6.07 Å². The Morgan fingerprint density at radius 1 is 1.53 bits per heavy atom. The molecule has 17 heavy (non-hydrogen) atoms. The Morgan fingerprint density at radius 3 is 3.00 bits per heavy atom. The van der Waals surface area contributed by atoms with Crippen LogP contribution in [0.25, 0.3) is 0 Å². The molecule has 1 saturated heterocycles. The smallest absolute Gasteiger partial charge is 0.146 e. The van der Waals surface area contributed by atoms with Crippen LogP contribution in [-0.2, 0) is 0 Å². The molecule has 0 amide bonds. The molecule has 0 bridgehead atoms. The molecule has 2 rings (SSSR count).